The summed E-state index contributed by atoms with van der Waals surface area (Å²) in [6, 6.07) is 10.2. The van der Waals surface area contributed by atoms with Crippen LogP contribution in [0.15, 0.2) is 36.5 Å². The van der Waals surface area contributed by atoms with Crippen molar-refractivity contribution in [3.63, 3.8) is 0 Å². The maximum absolute atomic E-state index is 5.28. The SMILES string of the molecule is CC.CC.COC(C)c1cccc(-c2ccn[nH]2)c1. The number of benzene rings is 1. The molecule has 0 radical (unpaired) electrons. The summed E-state index contributed by atoms with van der Waals surface area (Å²) in [5, 5.41) is 6.88. The highest BCUT2D eigenvalue weighted by Crippen LogP contribution is 2.22. The molecule has 1 heterocycles. The first kappa shape index (κ1) is 17.4. The van der Waals surface area contributed by atoms with E-state index >= 15 is 0 Å². The fourth-order valence-electron chi connectivity index (χ4n) is 1.51. The Labute approximate surface area is 117 Å². The van der Waals surface area contributed by atoms with Crippen LogP contribution in [0.4, 0.5) is 0 Å². The topological polar surface area (TPSA) is 37.9 Å². The molecule has 0 spiro atoms. The summed E-state index contributed by atoms with van der Waals surface area (Å²) in [7, 11) is 1.72. The van der Waals surface area contributed by atoms with Gasteiger partial charge in [0.1, 0.15) is 0 Å². The first-order valence-corrected chi connectivity index (χ1v) is 6.94. The number of methoxy groups -OCH3 is 1. The van der Waals surface area contributed by atoms with E-state index < -0.39 is 0 Å². The van der Waals surface area contributed by atoms with Crippen molar-refractivity contribution >= 4 is 0 Å². The molecular formula is C16H26N2O. The third-order valence-electron chi connectivity index (χ3n) is 2.52. The summed E-state index contributed by atoms with van der Waals surface area (Å²) in [5.74, 6) is 0. The Morgan fingerprint density at radius 3 is 2.32 bits per heavy atom. The summed E-state index contributed by atoms with van der Waals surface area (Å²) in [6.45, 7) is 10.0. The molecule has 3 nitrogen and oxygen atoms in total. The Bertz CT molecular complexity index is 424. The van der Waals surface area contributed by atoms with Crippen LogP contribution in [-0.4, -0.2) is 17.3 Å². The molecule has 0 saturated heterocycles. The van der Waals surface area contributed by atoms with Crippen molar-refractivity contribution in [2.24, 2.45) is 0 Å². The molecule has 0 amide bonds. The van der Waals surface area contributed by atoms with Gasteiger partial charge in [-0.2, -0.15) is 5.10 Å². The minimum Gasteiger partial charge on any atom is -0.377 e. The zero-order valence-corrected chi connectivity index (χ0v) is 12.9. The minimum atomic E-state index is 0.118. The van der Waals surface area contributed by atoms with Crippen molar-refractivity contribution in [3.05, 3.63) is 42.1 Å². The van der Waals surface area contributed by atoms with Crippen LogP contribution >= 0.6 is 0 Å². The van der Waals surface area contributed by atoms with Crippen LogP contribution in [0.1, 0.15) is 46.3 Å². The van der Waals surface area contributed by atoms with E-state index in [1.165, 1.54) is 5.56 Å². The number of H-pyrrole nitrogens is 1. The predicted molar refractivity (Wildman–Crippen MR) is 82.1 cm³/mol. The molecule has 1 aromatic carbocycles. The third kappa shape index (κ3) is 5.26. The molecular weight excluding hydrogens is 236 g/mol. The van der Waals surface area contributed by atoms with Crippen molar-refractivity contribution in [2.45, 2.75) is 40.7 Å². The zero-order valence-electron chi connectivity index (χ0n) is 12.9. The van der Waals surface area contributed by atoms with Gasteiger partial charge in [-0.05, 0) is 30.2 Å². The number of nitrogens with one attached hydrogen (secondary N) is 1. The Morgan fingerprint density at radius 2 is 1.79 bits per heavy atom. The molecule has 2 rings (SSSR count). The van der Waals surface area contributed by atoms with Gasteiger partial charge in [0.25, 0.3) is 0 Å². The zero-order chi connectivity index (χ0) is 14.7. The maximum Gasteiger partial charge on any atom is 0.0793 e. The number of aromatic nitrogens is 2. The first-order valence-electron chi connectivity index (χ1n) is 6.94. The van der Waals surface area contributed by atoms with Crippen LogP contribution in [0, 0.1) is 0 Å². The number of rotatable bonds is 3. The van der Waals surface area contributed by atoms with Crippen LogP contribution in [0.25, 0.3) is 11.3 Å². The Balaban J connectivity index is 0.000000741. The standard InChI is InChI=1S/C12H14N2O.2C2H6/c1-9(15-2)10-4-3-5-11(8-10)12-6-7-13-14-12;2*1-2/h3-9H,1-2H3,(H,13,14);2*1-2H3. The van der Waals surface area contributed by atoms with Crippen LogP contribution < -0.4 is 0 Å². The molecule has 0 saturated carbocycles. The quantitative estimate of drug-likeness (QED) is 0.859. The summed E-state index contributed by atoms with van der Waals surface area (Å²) >= 11 is 0. The summed E-state index contributed by atoms with van der Waals surface area (Å²) in [6.07, 6.45) is 1.87. The summed E-state index contributed by atoms with van der Waals surface area (Å²) in [5.41, 5.74) is 3.33. The molecule has 1 aromatic heterocycles. The van der Waals surface area contributed by atoms with Crippen LogP contribution in [-0.2, 0) is 4.74 Å². The molecule has 0 fully saturated rings. The molecule has 0 bridgehead atoms. The molecule has 1 unspecified atom stereocenters. The van der Waals surface area contributed by atoms with Gasteiger partial charge in [0.05, 0.1) is 11.8 Å². The van der Waals surface area contributed by atoms with Gasteiger partial charge in [-0.1, -0.05) is 45.9 Å². The molecule has 1 N–H and O–H groups in total. The second-order valence-electron chi connectivity index (χ2n) is 3.47. The maximum atomic E-state index is 5.28. The largest absolute Gasteiger partial charge is 0.377 e. The van der Waals surface area contributed by atoms with E-state index in [-0.39, 0.29) is 6.10 Å². The van der Waals surface area contributed by atoms with Crippen LogP contribution in [0.2, 0.25) is 0 Å². The lowest BCUT2D eigenvalue weighted by Crippen LogP contribution is -1.95. The highest BCUT2D eigenvalue weighted by molar-refractivity contribution is 5.59. The monoisotopic (exact) mass is 262 g/mol. The van der Waals surface area contributed by atoms with Gasteiger partial charge in [-0.25, -0.2) is 0 Å². The van der Waals surface area contributed by atoms with Crippen molar-refractivity contribution in [1.29, 1.82) is 0 Å². The van der Waals surface area contributed by atoms with E-state index in [1.54, 1.807) is 13.3 Å². The molecule has 2 aromatic rings. The van der Waals surface area contributed by atoms with Gasteiger partial charge in [0, 0.05) is 13.3 Å². The van der Waals surface area contributed by atoms with Crippen molar-refractivity contribution < 1.29 is 4.74 Å². The highest BCUT2D eigenvalue weighted by atomic mass is 16.5. The Morgan fingerprint density at radius 1 is 1.11 bits per heavy atom. The highest BCUT2D eigenvalue weighted by Gasteiger charge is 2.05. The first-order chi connectivity index (χ1) is 9.31. The van der Waals surface area contributed by atoms with Gasteiger partial charge in [-0.3, -0.25) is 5.10 Å². The van der Waals surface area contributed by atoms with E-state index in [4.69, 9.17) is 4.74 Å². The number of ether oxygens (including phenoxy) is 1. The average molecular weight is 262 g/mol. The normalized spacial score (nSPS) is 10.6. The van der Waals surface area contributed by atoms with E-state index in [1.807, 2.05) is 46.8 Å². The van der Waals surface area contributed by atoms with E-state index in [9.17, 15) is 0 Å². The molecule has 1 atom stereocenters. The molecule has 0 aliphatic heterocycles. The van der Waals surface area contributed by atoms with Crippen molar-refractivity contribution in [2.75, 3.05) is 7.11 Å². The predicted octanol–water partition coefficient (Wildman–Crippen LogP) is 4.84. The average Bonchev–Trinajstić information content (AvgIpc) is 3.05. The van der Waals surface area contributed by atoms with Crippen molar-refractivity contribution in [1.82, 2.24) is 10.2 Å². The number of aromatic amines is 1. The third-order valence-corrected chi connectivity index (χ3v) is 2.52. The lowest BCUT2D eigenvalue weighted by Gasteiger charge is -2.10. The Hall–Kier alpha value is -1.61. The molecule has 3 heteroatoms. The van der Waals surface area contributed by atoms with Crippen LogP contribution in [0.5, 0.6) is 0 Å². The lowest BCUT2D eigenvalue weighted by molar-refractivity contribution is 0.119. The molecule has 0 aliphatic carbocycles. The second kappa shape index (κ2) is 10.3. The van der Waals surface area contributed by atoms with E-state index in [2.05, 4.69) is 28.4 Å². The summed E-state index contributed by atoms with van der Waals surface area (Å²) < 4.78 is 5.28. The number of nitrogens with zero attached hydrogens (tertiary/aromatic N) is 1. The number of hydrogen-bond donors (Lipinski definition) is 1. The fraction of sp³-hybridized carbons (Fsp3) is 0.438. The second-order valence-corrected chi connectivity index (χ2v) is 3.47. The number of hydrogen-bond acceptors (Lipinski definition) is 2. The van der Waals surface area contributed by atoms with Gasteiger partial charge in [-0.15, -0.1) is 0 Å². The molecule has 106 valence electrons. The van der Waals surface area contributed by atoms with E-state index in [0.717, 1.165) is 11.3 Å². The molecule has 19 heavy (non-hydrogen) atoms. The van der Waals surface area contributed by atoms with Gasteiger partial charge in [0.2, 0.25) is 0 Å². The van der Waals surface area contributed by atoms with Gasteiger partial charge in [0.15, 0.2) is 0 Å². The lowest BCUT2D eigenvalue weighted by atomic mass is 10.1. The van der Waals surface area contributed by atoms with E-state index in [0.29, 0.717) is 0 Å². The minimum absolute atomic E-state index is 0.118. The molecule has 0 aliphatic rings. The van der Waals surface area contributed by atoms with Gasteiger partial charge < -0.3 is 4.74 Å². The smallest absolute Gasteiger partial charge is 0.0793 e. The van der Waals surface area contributed by atoms with Gasteiger partial charge >= 0.3 is 0 Å². The Kier molecular flexibility index (Phi) is 9.45. The van der Waals surface area contributed by atoms with Crippen LogP contribution in [0.3, 0.4) is 0 Å². The fourth-order valence-corrected chi connectivity index (χ4v) is 1.51. The van der Waals surface area contributed by atoms with Crippen molar-refractivity contribution in [3.8, 4) is 11.3 Å². The summed E-state index contributed by atoms with van der Waals surface area (Å²) in [4.78, 5) is 0.